The Bertz CT molecular complexity index is 182. The number of nitrogens with one attached hydrogen (secondary N) is 1. The summed E-state index contributed by atoms with van der Waals surface area (Å²) in [4.78, 5) is 0. The highest BCUT2D eigenvalue weighted by molar-refractivity contribution is 5.09. The minimum atomic E-state index is 0.0747. The Morgan fingerprint density at radius 1 is 1.27 bits per heavy atom. The first kappa shape index (κ1) is 7.12. The standard InChI is InChI=1S/C9H14N2/c10-7-9(8-1-2-8)3-5-11-6-4-9/h8,11H,1-6H2. The van der Waals surface area contributed by atoms with Crippen molar-refractivity contribution in [1.29, 1.82) is 5.26 Å². The van der Waals surface area contributed by atoms with Crippen LogP contribution in [-0.4, -0.2) is 13.1 Å². The molecule has 0 radical (unpaired) electrons. The van der Waals surface area contributed by atoms with Crippen LogP contribution in [0.4, 0.5) is 0 Å². The van der Waals surface area contributed by atoms with E-state index in [-0.39, 0.29) is 5.41 Å². The maximum absolute atomic E-state index is 9.07. The number of nitriles is 1. The molecule has 0 amide bonds. The Labute approximate surface area is 67.6 Å². The number of hydrogen-bond donors (Lipinski definition) is 1. The van der Waals surface area contributed by atoms with E-state index in [9.17, 15) is 0 Å². The number of piperidine rings is 1. The van der Waals surface area contributed by atoms with Gasteiger partial charge < -0.3 is 5.32 Å². The van der Waals surface area contributed by atoms with Crippen molar-refractivity contribution in [2.45, 2.75) is 25.7 Å². The predicted molar refractivity (Wildman–Crippen MR) is 42.9 cm³/mol. The monoisotopic (exact) mass is 150 g/mol. The van der Waals surface area contributed by atoms with Crippen LogP contribution in [0.15, 0.2) is 0 Å². The number of nitrogens with zero attached hydrogens (tertiary/aromatic N) is 1. The minimum Gasteiger partial charge on any atom is -0.317 e. The topological polar surface area (TPSA) is 35.8 Å². The summed E-state index contributed by atoms with van der Waals surface area (Å²) < 4.78 is 0. The van der Waals surface area contributed by atoms with Gasteiger partial charge in [-0.05, 0) is 44.7 Å². The Balaban J connectivity index is 2.08. The van der Waals surface area contributed by atoms with E-state index < -0.39 is 0 Å². The van der Waals surface area contributed by atoms with Crippen LogP contribution in [-0.2, 0) is 0 Å². The molecule has 11 heavy (non-hydrogen) atoms. The third kappa shape index (κ3) is 1.14. The molecular weight excluding hydrogens is 136 g/mol. The Morgan fingerprint density at radius 2 is 1.91 bits per heavy atom. The molecule has 2 aliphatic rings. The normalized spacial score (nSPS) is 29.4. The van der Waals surface area contributed by atoms with Gasteiger partial charge in [0.1, 0.15) is 0 Å². The first-order valence-corrected chi connectivity index (χ1v) is 4.49. The van der Waals surface area contributed by atoms with E-state index in [0.29, 0.717) is 0 Å². The zero-order valence-electron chi connectivity index (χ0n) is 6.77. The van der Waals surface area contributed by atoms with Gasteiger partial charge in [0.05, 0.1) is 11.5 Å². The first-order valence-electron chi connectivity index (χ1n) is 4.49. The maximum Gasteiger partial charge on any atom is 0.0693 e. The predicted octanol–water partition coefficient (Wildman–Crippen LogP) is 1.29. The molecule has 1 saturated carbocycles. The lowest BCUT2D eigenvalue weighted by Crippen LogP contribution is -2.37. The fourth-order valence-corrected chi connectivity index (χ4v) is 2.12. The summed E-state index contributed by atoms with van der Waals surface area (Å²) in [5, 5.41) is 12.4. The summed E-state index contributed by atoms with van der Waals surface area (Å²) in [6, 6.07) is 2.54. The van der Waals surface area contributed by atoms with E-state index in [0.717, 1.165) is 31.8 Å². The van der Waals surface area contributed by atoms with Crippen molar-refractivity contribution in [3.63, 3.8) is 0 Å². The van der Waals surface area contributed by atoms with Crippen molar-refractivity contribution in [3.8, 4) is 6.07 Å². The molecule has 1 N–H and O–H groups in total. The number of rotatable bonds is 1. The highest BCUT2D eigenvalue weighted by atomic mass is 14.9. The number of hydrogen-bond acceptors (Lipinski definition) is 2. The lowest BCUT2D eigenvalue weighted by molar-refractivity contribution is 0.244. The second-order valence-corrected chi connectivity index (χ2v) is 3.79. The van der Waals surface area contributed by atoms with Crippen molar-refractivity contribution >= 4 is 0 Å². The molecule has 0 aromatic carbocycles. The van der Waals surface area contributed by atoms with Crippen LogP contribution >= 0.6 is 0 Å². The molecule has 1 aliphatic heterocycles. The fourth-order valence-electron chi connectivity index (χ4n) is 2.12. The third-order valence-electron chi connectivity index (χ3n) is 3.08. The van der Waals surface area contributed by atoms with Gasteiger partial charge in [-0.2, -0.15) is 5.26 Å². The van der Waals surface area contributed by atoms with Crippen molar-refractivity contribution < 1.29 is 0 Å². The van der Waals surface area contributed by atoms with Gasteiger partial charge in [-0.15, -0.1) is 0 Å². The van der Waals surface area contributed by atoms with Crippen LogP contribution in [0.5, 0.6) is 0 Å². The zero-order valence-corrected chi connectivity index (χ0v) is 6.77. The summed E-state index contributed by atoms with van der Waals surface area (Å²) >= 11 is 0. The van der Waals surface area contributed by atoms with Gasteiger partial charge in [-0.3, -0.25) is 0 Å². The van der Waals surface area contributed by atoms with Gasteiger partial charge in [0.2, 0.25) is 0 Å². The van der Waals surface area contributed by atoms with Crippen molar-refractivity contribution in [2.75, 3.05) is 13.1 Å². The molecule has 0 unspecified atom stereocenters. The molecule has 0 spiro atoms. The lowest BCUT2D eigenvalue weighted by atomic mass is 9.76. The van der Waals surface area contributed by atoms with E-state index in [2.05, 4.69) is 11.4 Å². The summed E-state index contributed by atoms with van der Waals surface area (Å²) in [5.74, 6) is 0.745. The van der Waals surface area contributed by atoms with Crippen LogP contribution in [0.3, 0.4) is 0 Å². The largest absolute Gasteiger partial charge is 0.317 e. The summed E-state index contributed by atoms with van der Waals surface area (Å²) in [5.41, 5.74) is 0.0747. The van der Waals surface area contributed by atoms with Gasteiger partial charge in [0.25, 0.3) is 0 Å². The van der Waals surface area contributed by atoms with Crippen LogP contribution in [0.2, 0.25) is 0 Å². The second kappa shape index (κ2) is 2.49. The molecular formula is C9H14N2. The Kier molecular flexibility index (Phi) is 1.61. The van der Waals surface area contributed by atoms with Gasteiger partial charge in [-0.25, -0.2) is 0 Å². The summed E-state index contributed by atoms with van der Waals surface area (Å²) in [6.45, 7) is 2.09. The van der Waals surface area contributed by atoms with Crippen molar-refractivity contribution in [1.82, 2.24) is 5.32 Å². The van der Waals surface area contributed by atoms with Crippen LogP contribution in [0.1, 0.15) is 25.7 Å². The van der Waals surface area contributed by atoms with Gasteiger partial charge in [-0.1, -0.05) is 0 Å². The molecule has 1 saturated heterocycles. The summed E-state index contributed by atoms with van der Waals surface area (Å²) in [6.07, 6.45) is 4.75. The maximum atomic E-state index is 9.07. The average Bonchev–Trinajstić information content (AvgIpc) is 2.88. The molecule has 2 fully saturated rings. The molecule has 0 aromatic heterocycles. The van der Waals surface area contributed by atoms with Gasteiger partial charge in [0, 0.05) is 0 Å². The first-order chi connectivity index (χ1) is 5.37. The quantitative estimate of drug-likeness (QED) is 0.611. The molecule has 0 bridgehead atoms. The van der Waals surface area contributed by atoms with E-state index in [1.807, 2.05) is 0 Å². The molecule has 0 atom stereocenters. The molecule has 2 rings (SSSR count). The van der Waals surface area contributed by atoms with Gasteiger partial charge in [0.15, 0.2) is 0 Å². The van der Waals surface area contributed by atoms with Crippen molar-refractivity contribution in [3.05, 3.63) is 0 Å². The molecule has 1 heterocycles. The Morgan fingerprint density at radius 3 is 2.36 bits per heavy atom. The smallest absolute Gasteiger partial charge is 0.0693 e. The van der Waals surface area contributed by atoms with E-state index >= 15 is 0 Å². The average molecular weight is 150 g/mol. The van der Waals surface area contributed by atoms with Gasteiger partial charge >= 0.3 is 0 Å². The highest BCUT2D eigenvalue weighted by Gasteiger charge is 2.45. The molecule has 2 heteroatoms. The SMILES string of the molecule is N#CC1(C2CC2)CCNCC1. The fraction of sp³-hybridized carbons (Fsp3) is 0.889. The van der Waals surface area contributed by atoms with Crippen LogP contribution < -0.4 is 5.32 Å². The molecule has 0 aromatic rings. The zero-order chi connectivity index (χ0) is 7.73. The van der Waals surface area contributed by atoms with Crippen LogP contribution in [0.25, 0.3) is 0 Å². The Hall–Kier alpha value is -0.550. The summed E-state index contributed by atoms with van der Waals surface area (Å²) in [7, 11) is 0. The third-order valence-corrected chi connectivity index (χ3v) is 3.08. The van der Waals surface area contributed by atoms with Crippen molar-refractivity contribution in [2.24, 2.45) is 11.3 Å². The lowest BCUT2D eigenvalue weighted by Gasteiger charge is -2.31. The molecule has 2 nitrogen and oxygen atoms in total. The second-order valence-electron chi connectivity index (χ2n) is 3.79. The highest BCUT2D eigenvalue weighted by Crippen LogP contribution is 2.50. The van der Waals surface area contributed by atoms with E-state index in [1.165, 1.54) is 12.8 Å². The molecule has 60 valence electrons. The van der Waals surface area contributed by atoms with E-state index in [4.69, 9.17) is 5.26 Å². The molecule has 1 aliphatic carbocycles. The van der Waals surface area contributed by atoms with Crippen LogP contribution in [0, 0.1) is 22.7 Å². The minimum absolute atomic E-state index is 0.0747. The van der Waals surface area contributed by atoms with E-state index in [1.54, 1.807) is 0 Å².